The summed E-state index contributed by atoms with van der Waals surface area (Å²) >= 11 is 0. The molecular formula is C17H27Cl2N3O. The van der Waals surface area contributed by atoms with E-state index in [0.29, 0.717) is 12.5 Å². The van der Waals surface area contributed by atoms with Crippen molar-refractivity contribution in [2.75, 3.05) is 26.2 Å². The van der Waals surface area contributed by atoms with E-state index in [2.05, 4.69) is 4.90 Å². The average Bonchev–Trinajstić information content (AvgIpc) is 2.55. The van der Waals surface area contributed by atoms with Crippen molar-refractivity contribution in [1.29, 1.82) is 0 Å². The summed E-state index contributed by atoms with van der Waals surface area (Å²) in [6.45, 7) is 3.98. The first-order valence-corrected chi connectivity index (χ1v) is 8.06. The molecule has 2 saturated heterocycles. The maximum atomic E-state index is 12.5. The largest absolute Gasteiger partial charge is 0.340 e. The van der Waals surface area contributed by atoms with Gasteiger partial charge in [-0.1, -0.05) is 36.8 Å². The molecule has 3 rings (SSSR count). The van der Waals surface area contributed by atoms with Crippen LogP contribution < -0.4 is 5.73 Å². The number of carbonyl (C=O) groups is 1. The number of hydrogen-bond donors (Lipinski definition) is 1. The minimum atomic E-state index is -0.192. The highest BCUT2D eigenvalue weighted by atomic mass is 35.5. The molecule has 0 spiro atoms. The molecule has 4 nitrogen and oxygen atoms in total. The number of piperidine rings is 1. The SMILES string of the molecule is Cl.Cl.NC(CC(=O)N1CCN2CCCCC2C1)c1ccccc1. The van der Waals surface area contributed by atoms with Gasteiger partial charge in [0.25, 0.3) is 0 Å². The van der Waals surface area contributed by atoms with Crippen molar-refractivity contribution in [3.63, 3.8) is 0 Å². The highest BCUT2D eigenvalue weighted by molar-refractivity contribution is 5.85. The van der Waals surface area contributed by atoms with Gasteiger partial charge in [-0.2, -0.15) is 0 Å². The van der Waals surface area contributed by atoms with Crippen molar-refractivity contribution >= 4 is 30.7 Å². The highest BCUT2D eigenvalue weighted by Crippen LogP contribution is 2.22. The Kier molecular flexibility index (Phi) is 8.34. The van der Waals surface area contributed by atoms with E-state index in [9.17, 15) is 4.79 Å². The van der Waals surface area contributed by atoms with Crippen molar-refractivity contribution in [3.05, 3.63) is 35.9 Å². The molecule has 1 amide bonds. The molecule has 2 atom stereocenters. The molecule has 0 aliphatic carbocycles. The van der Waals surface area contributed by atoms with Gasteiger partial charge in [0.05, 0.1) is 0 Å². The van der Waals surface area contributed by atoms with Crippen LogP contribution in [0.3, 0.4) is 0 Å². The van der Waals surface area contributed by atoms with E-state index in [-0.39, 0.29) is 36.8 Å². The topological polar surface area (TPSA) is 49.6 Å². The third-order valence-electron chi connectivity index (χ3n) is 4.81. The Hall–Kier alpha value is -0.810. The van der Waals surface area contributed by atoms with Crippen LogP contribution in [0.5, 0.6) is 0 Å². The molecule has 23 heavy (non-hydrogen) atoms. The Morgan fingerprint density at radius 1 is 1.13 bits per heavy atom. The van der Waals surface area contributed by atoms with Gasteiger partial charge in [0.1, 0.15) is 0 Å². The lowest BCUT2D eigenvalue weighted by Gasteiger charge is -2.44. The Balaban J connectivity index is 0.00000132. The molecular weight excluding hydrogens is 333 g/mol. The van der Waals surface area contributed by atoms with Crippen LogP contribution in [0, 0.1) is 0 Å². The summed E-state index contributed by atoms with van der Waals surface area (Å²) in [5, 5.41) is 0. The first kappa shape index (κ1) is 20.2. The number of fused-ring (bicyclic) bond motifs is 1. The number of rotatable bonds is 3. The molecule has 2 N–H and O–H groups in total. The maximum Gasteiger partial charge on any atom is 0.224 e. The molecule has 130 valence electrons. The van der Waals surface area contributed by atoms with E-state index in [1.165, 1.54) is 25.8 Å². The predicted octanol–water partition coefficient (Wildman–Crippen LogP) is 2.62. The first-order chi connectivity index (χ1) is 10.2. The van der Waals surface area contributed by atoms with Crippen LogP contribution in [0.2, 0.25) is 0 Å². The Labute approximate surface area is 151 Å². The van der Waals surface area contributed by atoms with Gasteiger partial charge in [0.2, 0.25) is 5.91 Å². The Morgan fingerprint density at radius 3 is 2.61 bits per heavy atom. The van der Waals surface area contributed by atoms with Gasteiger partial charge in [-0.05, 0) is 24.9 Å². The summed E-state index contributed by atoms with van der Waals surface area (Å²) in [6, 6.07) is 10.3. The molecule has 2 unspecified atom stereocenters. The van der Waals surface area contributed by atoms with Gasteiger partial charge >= 0.3 is 0 Å². The summed E-state index contributed by atoms with van der Waals surface area (Å²) in [5.74, 6) is 0.205. The quantitative estimate of drug-likeness (QED) is 0.902. The van der Waals surface area contributed by atoms with Crippen LogP contribution in [0.25, 0.3) is 0 Å². The lowest BCUT2D eigenvalue weighted by Crippen LogP contribution is -2.56. The zero-order valence-electron chi connectivity index (χ0n) is 13.4. The molecule has 0 aromatic heterocycles. The van der Waals surface area contributed by atoms with Crippen LogP contribution in [-0.4, -0.2) is 47.9 Å². The molecule has 0 saturated carbocycles. The summed E-state index contributed by atoms with van der Waals surface area (Å²) in [5.41, 5.74) is 7.22. The molecule has 2 heterocycles. The third kappa shape index (κ3) is 5.08. The van der Waals surface area contributed by atoms with Crippen molar-refractivity contribution in [3.8, 4) is 0 Å². The maximum absolute atomic E-state index is 12.5. The minimum Gasteiger partial charge on any atom is -0.340 e. The van der Waals surface area contributed by atoms with Gasteiger partial charge in [-0.3, -0.25) is 9.69 Å². The number of nitrogens with zero attached hydrogens (tertiary/aromatic N) is 2. The number of hydrogen-bond acceptors (Lipinski definition) is 3. The second-order valence-corrected chi connectivity index (χ2v) is 6.25. The van der Waals surface area contributed by atoms with Gasteiger partial charge < -0.3 is 10.6 Å². The fourth-order valence-corrected chi connectivity index (χ4v) is 3.52. The van der Waals surface area contributed by atoms with Crippen molar-refractivity contribution in [2.45, 2.75) is 37.8 Å². The lowest BCUT2D eigenvalue weighted by molar-refractivity contribution is -0.135. The van der Waals surface area contributed by atoms with Crippen LogP contribution in [0.4, 0.5) is 0 Å². The molecule has 6 heteroatoms. The molecule has 2 aliphatic rings. The van der Waals surface area contributed by atoms with Gasteiger partial charge in [0.15, 0.2) is 0 Å². The van der Waals surface area contributed by atoms with Crippen LogP contribution in [0.15, 0.2) is 30.3 Å². The number of halogens is 2. The Bertz CT molecular complexity index is 486. The minimum absolute atomic E-state index is 0. The monoisotopic (exact) mass is 359 g/mol. The number of piperazine rings is 1. The van der Waals surface area contributed by atoms with Crippen LogP contribution in [0.1, 0.15) is 37.3 Å². The standard InChI is InChI=1S/C17H25N3O.2ClH/c18-16(14-6-2-1-3-7-14)12-17(21)20-11-10-19-9-5-4-8-15(19)13-20;;/h1-3,6-7,15-16H,4-5,8-13,18H2;2*1H. The summed E-state index contributed by atoms with van der Waals surface area (Å²) in [7, 11) is 0. The molecule has 1 aromatic carbocycles. The number of benzene rings is 1. The molecule has 2 fully saturated rings. The number of carbonyl (C=O) groups excluding carboxylic acids is 1. The third-order valence-corrected chi connectivity index (χ3v) is 4.81. The zero-order valence-corrected chi connectivity index (χ0v) is 15.0. The van der Waals surface area contributed by atoms with Crippen molar-refractivity contribution in [2.24, 2.45) is 5.73 Å². The molecule has 2 aliphatic heterocycles. The van der Waals surface area contributed by atoms with Crippen molar-refractivity contribution < 1.29 is 4.79 Å². The lowest BCUT2D eigenvalue weighted by atomic mass is 9.98. The van der Waals surface area contributed by atoms with Crippen LogP contribution in [-0.2, 0) is 4.79 Å². The van der Waals surface area contributed by atoms with E-state index in [1.807, 2.05) is 35.2 Å². The van der Waals surface area contributed by atoms with E-state index in [4.69, 9.17) is 5.73 Å². The van der Waals surface area contributed by atoms with Gasteiger partial charge in [-0.15, -0.1) is 24.8 Å². The Morgan fingerprint density at radius 2 is 1.87 bits per heavy atom. The highest BCUT2D eigenvalue weighted by Gasteiger charge is 2.31. The summed E-state index contributed by atoms with van der Waals surface area (Å²) in [4.78, 5) is 17.1. The zero-order chi connectivity index (χ0) is 14.7. The smallest absolute Gasteiger partial charge is 0.224 e. The van der Waals surface area contributed by atoms with Crippen molar-refractivity contribution in [1.82, 2.24) is 9.80 Å². The second-order valence-electron chi connectivity index (χ2n) is 6.25. The molecule has 1 aromatic rings. The fourth-order valence-electron chi connectivity index (χ4n) is 3.52. The average molecular weight is 360 g/mol. The number of nitrogens with two attached hydrogens (primary N) is 1. The van der Waals surface area contributed by atoms with E-state index < -0.39 is 0 Å². The first-order valence-electron chi connectivity index (χ1n) is 8.06. The van der Waals surface area contributed by atoms with E-state index in [1.54, 1.807) is 0 Å². The second kappa shape index (κ2) is 9.48. The molecule has 0 radical (unpaired) electrons. The van der Waals surface area contributed by atoms with E-state index >= 15 is 0 Å². The normalized spacial score (nSPS) is 22.3. The van der Waals surface area contributed by atoms with Gasteiger partial charge in [-0.25, -0.2) is 0 Å². The summed E-state index contributed by atoms with van der Waals surface area (Å²) in [6.07, 6.45) is 4.25. The predicted molar refractivity (Wildman–Crippen MR) is 98.3 cm³/mol. The van der Waals surface area contributed by atoms with Crippen LogP contribution >= 0.6 is 24.8 Å². The molecule has 0 bridgehead atoms. The van der Waals surface area contributed by atoms with Gasteiger partial charge in [0, 0.05) is 38.1 Å². The summed E-state index contributed by atoms with van der Waals surface area (Å²) < 4.78 is 0. The number of amides is 1. The van der Waals surface area contributed by atoms with E-state index in [0.717, 1.165) is 25.2 Å². The fraction of sp³-hybridized carbons (Fsp3) is 0.588.